The SMILES string of the molecule is COc1ccc(C)c(N(CC(=O)Nc2cccnc2)Cc2ccccc2Cl)c1. The summed E-state index contributed by atoms with van der Waals surface area (Å²) < 4.78 is 5.37. The van der Waals surface area contributed by atoms with Gasteiger partial charge in [-0.3, -0.25) is 9.78 Å². The quantitative estimate of drug-likeness (QED) is 0.630. The molecule has 0 atom stereocenters. The van der Waals surface area contributed by atoms with E-state index in [0.29, 0.717) is 17.3 Å². The summed E-state index contributed by atoms with van der Waals surface area (Å²) in [5.74, 6) is 0.597. The van der Waals surface area contributed by atoms with Crippen molar-refractivity contribution < 1.29 is 9.53 Å². The van der Waals surface area contributed by atoms with Crippen LogP contribution in [0.3, 0.4) is 0 Å². The van der Waals surface area contributed by atoms with Gasteiger partial charge in [0.1, 0.15) is 5.75 Å². The van der Waals surface area contributed by atoms with Gasteiger partial charge >= 0.3 is 0 Å². The number of aryl methyl sites for hydroxylation is 1. The summed E-state index contributed by atoms with van der Waals surface area (Å²) in [4.78, 5) is 18.7. The number of halogens is 1. The Morgan fingerprint density at radius 3 is 2.71 bits per heavy atom. The molecule has 1 amide bonds. The first kappa shape index (κ1) is 19.7. The molecule has 3 aromatic rings. The summed E-state index contributed by atoms with van der Waals surface area (Å²) in [6.07, 6.45) is 3.28. The van der Waals surface area contributed by atoms with Crippen molar-refractivity contribution in [2.45, 2.75) is 13.5 Å². The maximum Gasteiger partial charge on any atom is 0.243 e. The molecule has 0 saturated heterocycles. The number of benzene rings is 2. The second kappa shape index (κ2) is 9.24. The molecule has 5 nitrogen and oxygen atoms in total. The molecule has 0 spiro atoms. The fraction of sp³-hybridized carbons (Fsp3) is 0.182. The van der Waals surface area contributed by atoms with Crippen LogP contribution in [0.5, 0.6) is 5.75 Å². The van der Waals surface area contributed by atoms with Crippen LogP contribution in [0.15, 0.2) is 67.0 Å². The molecule has 0 radical (unpaired) electrons. The van der Waals surface area contributed by atoms with Crippen LogP contribution in [-0.2, 0) is 11.3 Å². The van der Waals surface area contributed by atoms with E-state index in [1.807, 2.05) is 54.3 Å². The zero-order valence-electron chi connectivity index (χ0n) is 15.9. The van der Waals surface area contributed by atoms with Gasteiger partial charge in [0.25, 0.3) is 0 Å². The Labute approximate surface area is 169 Å². The van der Waals surface area contributed by atoms with E-state index in [1.165, 1.54) is 0 Å². The number of carbonyl (C=O) groups excluding carboxylic acids is 1. The Morgan fingerprint density at radius 1 is 1.18 bits per heavy atom. The lowest BCUT2D eigenvalue weighted by Crippen LogP contribution is -2.33. The predicted octanol–water partition coefficient (Wildman–Crippen LogP) is 4.70. The number of hydrogen-bond acceptors (Lipinski definition) is 4. The number of anilines is 2. The average molecular weight is 396 g/mol. The van der Waals surface area contributed by atoms with Crippen molar-refractivity contribution in [1.29, 1.82) is 0 Å². The zero-order valence-corrected chi connectivity index (χ0v) is 16.6. The van der Waals surface area contributed by atoms with Gasteiger partial charge < -0.3 is 15.0 Å². The summed E-state index contributed by atoms with van der Waals surface area (Å²) in [7, 11) is 1.63. The molecule has 28 heavy (non-hydrogen) atoms. The smallest absolute Gasteiger partial charge is 0.243 e. The first-order valence-corrected chi connectivity index (χ1v) is 9.27. The van der Waals surface area contributed by atoms with Crippen LogP contribution in [0.4, 0.5) is 11.4 Å². The van der Waals surface area contributed by atoms with Crippen molar-refractivity contribution in [2.75, 3.05) is 23.9 Å². The van der Waals surface area contributed by atoms with Crippen molar-refractivity contribution >= 4 is 28.9 Å². The van der Waals surface area contributed by atoms with Crippen LogP contribution in [0.25, 0.3) is 0 Å². The second-order valence-corrected chi connectivity index (χ2v) is 6.80. The molecule has 1 heterocycles. The number of amides is 1. The van der Waals surface area contributed by atoms with Crippen LogP contribution in [0, 0.1) is 6.92 Å². The monoisotopic (exact) mass is 395 g/mol. The molecule has 1 N–H and O–H groups in total. The lowest BCUT2D eigenvalue weighted by molar-refractivity contribution is -0.115. The number of hydrogen-bond donors (Lipinski definition) is 1. The van der Waals surface area contributed by atoms with E-state index in [4.69, 9.17) is 16.3 Å². The van der Waals surface area contributed by atoms with E-state index in [0.717, 1.165) is 22.6 Å². The van der Waals surface area contributed by atoms with Crippen LogP contribution in [0.2, 0.25) is 5.02 Å². The molecule has 144 valence electrons. The lowest BCUT2D eigenvalue weighted by atomic mass is 10.1. The van der Waals surface area contributed by atoms with Crippen molar-refractivity contribution in [1.82, 2.24) is 4.98 Å². The maximum absolute atomic E-state index is 12.7. The molecule has 6 heteroatoms. The molecule has 2 aromatic carbocycles. The van der Waals surface area contributed by atoms with Gasteiger partial charge in [0.05, 0.1) is 25.5 Å². The molecule has 0 bridgehead atoms. The highest BCUT2D eigenvalue weighted by Gasteiger charge is 2.17. The van der Waals surface area contributed by atoms with Crippen molar-refractivity contribution in [3.8, 4) is 5.75 Å². The minimum Gasteiger partial charge on any atom is -0.497 e. The number of rotatable bonds is 7. The van der Waals surface area contributed by atoms with E-state index in [9.17, 15) is 4.79 Å². The standard InChI is InChI=1S/C22H22ClN3O2/c1-16-9-10-19(28-2)12-21(16)26(14-17-6-3-4-8-20(17)23)15-22(27)25-18-7-5-11-24-13-18/h3-13H,14-15H2,1-2H3,(H,25,27). The molecule has 3 rings (SSSR count). The number of nitrogens with zero attached hydrogens (tertiary/aromatic N) is 2. The summed E-state index contributed by atoms with van der Waals surface area (Å²) in [6, 6.07) is 17.0. The molecule has 0 aliphatic carbocycles. The third kappa shape index (κ3) is 5.02. The number of carbonyl (C=O) groups is 1. The van der Waals surface area contributed by atoms with Crippen LogP contribution < -0.4 is 15.0 Å². The van der Waals surface area contributed by atoms with Crippen molar-refractivity contribution in [3.63, 3.8) is 0 Å². The second-order valence-electron chi connectivity index (χ2n) is 6.39. The fourth-order valence-corrected chi connectivity index (χ4v) is 3.12. The van der Waals surface area contributed by atoms with Gasteiger partial charge in [0.15, 0.2) is 0 Å². The fourth-order valence-electron chi connectivity index (χ4n) is 2.93. The summed E-state index contributed by atoms with van der Waals surface area (Å²) in [6.45, 7) is 2.66. The Morgan fingerprint density at radius 2 is 2.00 bits per heavy atom. The van der Waals surface area contributed by atoms with Crippen LogP contribution >= 0.6 is 11.6 Å². The van der Waals surface area contributed by atoms with Gasteiger partial charge in [-0.15, -0.1) is 0 Å². The highest BCUT2D eigenvalue weighted by atomic mass is 35.5. The Kier molecular flexibility index (Phi) is 6.50. The van der Waals surface area contributed by atoms with Gasteiger partial charge in [0.2, 0.25) is 5.91 Å². The Balaban J connectivity index is 1.88. The van der Waals surface area contributed by atoms with E-state index in [-0.39, 0.29) is 12.5 Å². The highest BCUT2D eigenvalue weighted by Crippen LogP contribution is 2.28. The highest BCUT2D eigenvalue weighted by molar-refractivity contribution is 6.31. The Bertz CT molecular complexity index is 948. The number of ether oxygens (including phenoxy) is 1. The molecule has 1 aromatic heterocycles. The first-order chi connectivity index (χ1) is 13.6. The van der Waals surface area contributed by atoms with Crippen molar-refractivity contribution in [3.05, 3.63) is 83.1 Å². The average Bonchev–Trinajstić information content (AvgIpc) is 2.70. The third-order valence-electron chi connectivity index (χ3n) is 4.36. The van der Waals surface area contributed by atoms with Crippen LogP contribution in [-0.4, -0.2) is 24.5 Å². The number of aromatic nitrogens is 1. The number of nitrogens with one attached hydrogen (secondary N) is 1. The number of pyridine rings is 1. The molecular formula is C22H22ClN3O2. The topological polar surface area (TPSA) is 54.5 Å². The molecule has 0 aliphatic heterocycles. The van der Waals surface area contributed by atoms with E-state index in [2.05, 4.69) is 10.3 Å². The maximum atomic E-state index is 12.7. The van der Waals surface area contributed by atoms with Gasteiger partial charge in [-0.05, 0) is 42.3 Å². The van der Waals surface area contributed by atoms with Gasteiger partial charge in [-0.1, -0.05) is 35.9 Å². The van der Waals surface area contributed by atoms with Gasteiger partial charge in [-0.2, -0.15) is 0 Å². The van der Waals surface area contributed by atoms with Crippen LogP contribution in [0.1, 0.15) is 11.1 Å². The third-order valence-corrected chi connectivity index (χ3v) is 4.72. The molecular weight excluding hydrogens is 374 g/mol. The number of methoxy groups -OCH3 is 1. The zero-order chi connectivity index (χ0) is 19.9. The normalized spacial score (nSPS) is 10.4. The van der Waals surface area contributed by atoms with E-state index < -0.39 is 0 Å². The van der Waals surface area contributed by atoms with Gasteiger partial charge in [-0.25, -0.2) is 0 Å². The van der Waals surface area contributed by atoms with Crippen molar-refractivity contribution in [2.24, 2.45) is 0 Å². The molecule has 0 fully saturated rings. The minimum absolute atomic E-state index is 0.137. The first-order valence-electron chi connectivity index (χ1n) is 8.89. The predicted molar refractivity (Wildman–Crippen MR) is 113 cm³/mol. The molecule has 0 saturated carbocycles. The summed E-state index contributed by atoms with van der Waals surface area (Å²) in [5.41, 5.74) is 3.57. The van der Waals surface area contributed by atoms with E-state index >= 15 is 0 Å². The summed E-state index contributed by atoms with van der Waals surface area (Å²) in [5, 5.41) is 3.55. The minimum atomic E-state index is -0.137. The largest absolute Gasteiger partial charge is 0.497 e. The molecule has 0 unspecified atom stereocenters. The molecule has 0 aliphatic rings. The summed E-state index contributed by atoms with van der Waals surface area (Å²) >= 11 is 6.36. The van der Waals surface area contributed by atoms with Gasteiger partial charge in [0, 0.05) is 29.5 Å². The van der Waals surface area contributed by atoms with E-state index in [1.54, 1.807) is 31.6 Å². The lowest BCUT2D eigenvalue weighted by Gasteiger charge is -2.27. The Hall–Kier alpha value is -3.05.